The monoisotopic (exact) mass is 310 g/mol. The van der Waals surface area contributed by atoms with Gasteiger partial charge in [0.1, 0.15) is 0 Å². The molecule has 1 atom stereocenters. The van der Waals surface area contributed by atoms with Gasteiger partial charge in [-0.05, 0) is 42.1 Å². The lowest BCUT2D eigenvalue weighted by atomic mass is 9.93. The van der Waals surface area contributed by atoms with Gasteiger partial charge in [0.05, 0.1) is 0 Å². The first kappa shape index (κ1) is 17.2. The molecule has 2 rings (SSSR count). The lowest BCUT2D eigenvalue weighted by Gasteiger charge is -2.16. The zero-order valence-electron chi connectivity index (χ0n) is 14.2. The summed E-state index contributed by atoms with van der Waals surface area (Å²) in [4.78, 5) is 12.4. The van der Waals surface area contributed by atoms with Gasteiger partial charge in [0.2, 0.25) is 5.91 Å². The molecule has 0 saturated heterocycles. The van der Waals surface area contributed by atoms with Crippen LogP contribution in [0, 0.1) is 6.92 Å². The first-order chi connectivity index (χ1) is 11.1. The Labute approximate surface area is 139 Å². The maximum Gasteiger partial charge on any atom is 0.224 e. The van der Waals surface area contributed by atoms with Crippen LogP contribution in [-0.4, -0.2) is 12.5 Å². The molecule has 0 bridgehead atoms. The minimum absolute atomic E-state index is 0.0599. The zero-order chi connectivity index (χ0) is 16.7. The van der Waals surface area contributed by atoms with Crippen molar-refractivity contribution in [2.45, 2.75) is 39.7 Å². The third-order valence-electron chi connectivity index (χ3n) is 4.07. The van der Waals surface area contributed by atoms with Crippen molar-refractivity contribution in [2.75, 3.05) is 11.9 Å². The van der Waals surface area contributed by atoms with Crippen LogP contribution in [0.4, 0.5) is 5.69 Å². The second-order valence-electron chi connectivity index (χ2n) is 5.95. The molecule has 0 aromatic heterocycles. The summed E-state index contributed by atoms with van der Waals surface area (Å²) in [7, 11) is 0. The molecule has 0 spiro atoms. The van der Waals surface area contributed by atoms with Gasteiger partial charge < -0.3 is 10.6 Å². The van der Waals surface area contributed by atoms with Gasteiger partial charge in [0.25, 0.3) is 0 Å². The molecule has 0 radical (unpaired) electrons. The molecule has 2 aromatic rings. The standard InChI is InChI=1S/C20H26N2O/c1-4-21-14-17-10-6-8-12-19(17)22-20(23)13-16(3)18-11-7-5-9-15(18)2/h5-12,16,21H,4,13-14H2,1-3H3,(H,22,23). The predicted octanol–water partition coefficient (Wildman–Crippen LogP) is 4.24. The average molecular weight is 310 g/mol. The molecule has 0 fully saturated rings. The Morgan fingerprint density at radius 2 is 1.78 bits per heavy atom. The molecule has 0 aliphatic rings. The van der Waals surface area contributed by atoms with Crippen molar-refractivity contribution >= 4 is 11.6 Å². The number of benzene rings is 2. The fourth-order valence-corrected chi connectivity index (χ4v) is 2.79. The third kappa shape index (κ3) is 4.93. The van der Waals surface area contributed by atoms with Crippen LogP contribution < -0.4 is 10.6 Å². The summed E-state index contributed by atoms with van der Waals surface area (Å²) in [6.45, 7) is 7.94. The number of carbonyl (C=O) groups excluding carboxylic acids is 1. The van der Waals surface area contributed by atoms with E-state index in [1.165, 1.54) is 11.1 Å². The Bertz CT molecular complexity index is 652. The Hall–Kier alpha value is -2.13. The highest BCUT2D eigenvalue weighted by Crippen LogP contribution is 2.23. The molecule has 0 aliphatic heterocycles. The summed E-state index contributed by atoms with van der Waals surface area (Å²) in [6, 6.07) is 16.2. The van der Waals surface area contributed by atoms with Crippen molar-refractivity contribution in [1.82, 2.24) is 5.32 Å². The van der Waals surface area contributed by atoms with E-state index in [4.69, 9.17) is 0 Å². The minimum atomic E-state index is 0.0599. The van der Waals surface area contributed by atoms with E-state index in [1.807, 2.05) is 36.4 Å². The number of hydrogen-bond donors (Lipinski definition) is 2. The van der Waals surface area contributed by atoms with Crippen molar-refractivity contribution in [3.8, 4) is 0 Å². The second-order valence-corrected chi connectivity index (χ2v) is 5.95. The fourth-order valence-electron chi connectivity index (χ4n) is 2.79. The van der Waals surface area contributed by atoms with Gasteiger partial charge >= 0.3 is 0 Å². The van der Waals surface area contributed by atoms with Crippen molar-refractivity contribution in [3.63, 3.8) is 0 Å². The number of carbonyl (C=O) groups is 1. The highest BCUT2D eigenvalue weighted by atomic mass is 16.1. The van der Waals surface area contributed by atoms with E-state index in [-0.39, 0.29) is 11.8 Å². The summed E-state index contributed by atoms with van der Waals surface area (Å²) < 4.78 is 0. The van der Waals surface area contributed by atoms with E-state index < -0.39 is 0 Å². The van der Waals surface area contributed by atoms with Crippen LogP contribution in [-0.2, 0) is 11.3 Å². The number of amides is 1. The van der Waals surface area contributed by atoms with Crippen molar-refractivity contribution in [2.24, 2.45) is 0 Å². The highest BCUT2D eigenvalue weighted by Gasteiger charge is 2.14. The van der Waals surface area contributed by atoms with Gasteiger partial charge in [-0.15, -0.1) is 0 Å². The molecule has 23 heavy (non-hydrogen) atoms. The maximum absolute atomic E-state index is 12.4. The van der Waals surface area contributed by atoms with E-state index in [0.29, 0.717) is 6.42 Å². The van der Waals surface area contributed by atoms with E-state index in [2.05, 4.69) is 43.5 Å². The Morgan fingerprint density at radius 3 is 2.52 bits per heavy atom. The lowest BCUT2D eigenvalue weighted by Crippen LogP contribution is -2.18. The van der Waals surface area contributed by atoms with Crippen LogP contribution in [0.2, 0.25) is 0 Å². The first-order valence-electron chi connectivity index (χ1n) is 8.25. The summed E-state index contributed by atoms with van der Waals surface area (Å²) in [5.74, 6) is 0.266. The third-order valence-corrected chi connectivity index (χ3v) is 4.07. The first-order valence-corrected chi connectivity index (χ1v) is 8.25. The summed E-state index contributed by atoms with van der Waals surface area (Å²) in [5.41, 5.74) is 4.49. The van der Waals surface area contributed by atoms with Crippen LogP contribution in [0.15, 0.2) is 48.5 Å². The van der Waals surface area contributed by atoms with E-state index in [9.17, 15) is 4.79 Å². The van der Waals surface area contributed by atoms with Gasteiger partial charge in [0.15, 0.2) is 0 Å². The van der Waals surface area contributed by atoms with Crippen LogP contribution in [0.3, 0.4) is 0 Å². The smallest absolute Gasteiger partial charge is 0.224 e. The number of rotatable bonds is 7. The lowest BCUT2D eigenvalue weighted by molar-refractivity contribution is -0.116. The number of nitrogens with one attached hydrogen (secondary N) is 2. The Kier molecular flexibility index (Phi) is 6.36. The summed E-state index contributed by atoms with van der Waals surface area (Å²) in [6.07, 6.45) is 0.487. The van der Waals surface area contributed by atoms with Crippen LogP contribution in [0.5, 0.6) is 0 Å². The molecule has 0 heterocycles. The number of para-hydroxylation sites is 1. The second kappa shape index (κ2) is 8.49. The molecular formula is C20H26N2O. The zero-order valence-corrected chi connectivity index (χ0v) is 14.2. The van der Waals surface area contributed by atoms with E-state index >= 15 is 0 Å². The number of hydrogen-bond acceptors (Lipinski definition) is 2. The highest BCUT2D eigenvalue weighted by molar-refractivity contribution is 5.92. The molecular weight excluding hydrogens is 284 g/mol. The molecule has 1 unspecified atom stereocenters. The number of aryl methyl sites for hydroxylation is 1. The minimum Gasteiger partial charge on any atom is -0.326 e. The van der Waals surface area contributed by atoms with Gasteiger partial charge in [-0.2, -0.15) is 0 Å². The van der Waals surface area contributed by atoms with Crippen molar-refractivity contribution in [1.29, 1.82) is 0 Å². The van der Waals surface area contributed by atoms with Crippen LogP contribution in [0.25, 0.3) is 0 Å². The van der Waals surface area contributed by atoms with E-state index in [1.54, 1.807) is 0 Å². The van der Waals surface area contributed by atoms with Crippen molar-refractivity contribution in [3.05, 3.63) is 65.2 Å². The number of anilines is 1. The quantitative estimate of drug-likeness (QED) is 0.803. The molecule has 2 aromatic carbocycles. The molecule has 0 saturated carbocycles. The molecule has 1 amide bonds. The summed E-state index contributed by atoms with van der Waals surface area (Å²) in [5, 5.41) is 6.36. The molecule has 2 N–H and O–H groups in total. The van der Waals surface area contributed by atoms with Gasteiger partial charge in [-0.3, -0.25) is 4.79 Å². The van der Waals surface area contributed by atoms with Crippen LogP contribution >= 0.6 is 0 Å². The van der Waals surface area contributed by atoms with Crippen molar-refractivity contribution < 1.29 is 4.79 Å². The molecule has 3 heteroatoms. The van der Waals surface area contributed by atoms with Gasteiger partial charge in [0, 0.05) is 18.7 Å². The SMILES string of the molecule is CCNCc1ccccc1NC(=O)CC(C)c1ccccc1C. The maximum atomic E-state index is 12.4. The average Bonchev–Trinajstić information content (AvgIpc) is 2.54. The fraction of sp³-hybridized carbons (Fsp3) is 0.350. The van der Waals surface area contributed by atoms with Gasteiger partial charge in [-0.25, -0.2) is 0 Å². The molecule has 0 aliphatic carbocycles. The summed E-state index contributed by atoms with van der Waals surface area (Å²) >= 11 is 0. The largest absolute Gasteiger partial charge is 0.326 e. The normalized spacial score (nSPS) is 12.0. The van der Waals surface area contributed by atoms with Gasteiger partial charge in [-0.1, -0.05) is 56.3 Å². The Balaban J connectivity index is 2.01. The topological polar surface area (TPSA) is 41.1 Å². The predicted molar refractivity (Wildman–Crippen MR) is 96.7 cm³/mol. The molecule has 122 valence electrons. The Morgan fingerprint density at radius 1 is 1.09 bits per heavy atom. The van der Waals surface area contributed by atoms with Crippen LogP contribution in [0.1, 0.15) is 42.9 Å². The van der Waals surface area contributed by atoms with E-state index in [0.717, 1.165) is 24.3 Å². The molecule has 3 nitrogen and oxygen atoms in total.